The van der Waals surface area contributed by atoms with E-state index in [1.165, 1.54) is 5.57 Å². The molecule has 0 saturated carbocycles. The lowest BCUT2D eigenvalue weighted by Gasteiger charge is -2.46. The molecule has 6 heteroatoms. The SMILES string of the molecule is COCC1CCC=C(C(=O)N[C@H](C)C(=O)N2CCC(C3=CC=C(Cl)CC3)C(C)(C)C2)C1. The number of carbonyl (C=O) groups excluding carboxylic acids is 2. The van der Waals surface area contributed by atoms with Crippen LogP contribution in [0.5, 0.6) is 0 Å². The van der Waals surface area contributed by atoms with Gasteiger partial charge in [-0.2, -0.15) is 0 Å². The smallest absolute Gasteiger partial charge is 0.247 e. The topological polar surface area (TPSA) is 58.6 Å². The van der Waals surface area contributed by atoms with E-state index in [0.717, 1.165) is 49.3 Å². The molecule has 0 aromatic rings. The van der Waals surface area contributed by atoms with E-state index in [4.69, 9.17) is 16.3 Å². The fourth-order valence-electron chi connectivity index (χ4n) is 5.33. The summed E-state index contributed by atoms with van der Waals surface area (Å²) < 4.78 is 5.25. The highest BCUT2D eigenvalue weighted by atomic mass is 35.5. The summed E-state index contributed by atoms with van der Waals surface area (Å²) in [5.74, 6) is 0.713. The number of nitrogens with zero attached hydrogens (tertiary/aromatic N) is 1. The normalized spacial score (nSPS) is 27.0. The maximum absolute atomic E-state index is 13.1. The quantitative estimate of drug-likeness (QED) is 0.646. The van der Waals surface area contributed by atoms with Crippen molar-refractivity contribution in [2.75, 3.05) is 26.8 Å². The van der Waals surface area contributed by atoms with Gasteiger partial charge in [-0.1, -0.05) is 43.2 Å². The Morgan fingerprint density at radius 3 is 2.71 bits per heavy atom. The number of hydrogen-bond donors (Lipinski definition) is 1. The molecule has 0 spiro atoms. The molecule has 0 bridgehead atoms. The summed E-state index contributed by atoms with van der Waals surface area (Å²) >= 11 is 6.13. The Kier molecular flexibility index (Phi) is 8.03. The molecule has 3 atom stereocenters. The van der Waals surface area contributed by atoms with Gasteiger partial charge in [0.1, 0.15) is 6.04 Å². The van der Waals surface area contributed by atoms with Crippen LogP contribution in [0.1, 0.15) is 59.3 Å². The van der Waals surface area contributed by atoms with Crippen LogP contribution in [0.15, 0.2) is 34.4 Å². The number of allylic oxidation sites excluding steroid dienone is 5. The summed E-state index contributed by atoms with van der Waals surface area (Å²) in [5, 5.41) is 3.86. The van der Waals surface area contributed by atoms with Crippen LogP contribution in [0.4, 0.5) is 0 Å². The Balaban J connectivity index is 1.57. The second-order valence-electron chi connectivity index (χ2n) is 9.97. The molecule has 0 aromatic carbocycles. The Morgan fingerprint density at radius 1 is 1.29 bits per heavy atom. The minimum atomic E-state index is -0.529. The predicted molar refractivity (Wildman–Crippen MR) is 125 cm³/mol. The van der Waals surface area contributed by atoms with Crippen molar-refractivity contribution in [1.29, 1.82) is 0 Å². The van der Waals surface area contributed by atoms with Gasteiger partial charge in [-0.05, 0) is 68.8 Å². The first-order valence-corrected chi connectivity index (χ1v) is 11.9. The molecule has 1 aliphatic heterocycles. The van der Waals surface area contributed by atoms with Crippen LogP contribution in [0, 0.1) is 17.3 Å². The number of amides is 2. The number of rotatable bonds is 6. The predicted octanol–water partition coefficient (Wildman–Crippen LogP) is 4.58. The molecule has 5 nitrogen and oxygen atoms in total. The molecule has 0 radical (unpaired) electrons. The van der Waals surface area contributed by atoms with Crippen molar-refractivity contribution in [1.82, 2.24) is 10.2 Å². The van der Waals surface area contributed by atoms with Gasteiger partial charge in [0.25, 0.3) is 0 Å². The van der Waals surface area contributed by atoms with Crippen LogP contribution in [0.3, 0.4) is 0 Å². The van der Waals surface area contributed by atoms with E-state index in [9.17, 15) is 9.59 Å². The van der Waals surface area contributed by atoms with Gasteiger partial charge >= 0.3 is 0 Å². The van der Waals surface area contributed by atoms with Crippen LogP contribution in [0.2, 0.25) is 0 Å². The second-order valence-corrected chi connectivity index (χ2v) is 10.5. The van der Waals surface area contributed by atoms with E-state index in [-0.39, 0.29) is 17.2 Å². The zero-order chi connectivity index (χ0) is 22.6. The third-order valence-electron chi connectivity index (χ3n) is 7.01. The van der Waals surface area contributed by atoms with E-state index in [1.54, 1.807) is 14.0 Å². The lowest BCUT2D eigenvalue weighted by atomic mass is 9.68. The van der Waals surface area contributed by atoms with Gasteiger partial charge < -0.3 is 15.0 Å². The molecular formula is C25H37ClN2O3. The molecule has 1 saturated heterocycles. The van der Waals surface area contributed by atoms with Crippen molar-refractivity contribution in [2.45, 2.75) is 65.3 Å². The highest BCUT2D eigenvalue weighted by Crippen LogP contribution is 2.42. The van der Waals surface area contributed by atoms with E-state index < -0.39 is 6.04 Å². The minimum absolute atomic E-state index is 0.00490. The van der Waals surface area contributed by atoms with Crippen molar-refractivity contribution < 1.29 is 14.3 Å². The van der Waals surface area contributed by atoms with Gasteiger partial charge in [-0.25, -0.2) is 0 Å². The lowest BCUT2D eigenvalue weighted by Crippen LogP contribution is -2.54. The van der Waals surface area contributed by atoms with Crippen LogP contribution in [0.25, 0.3) is 0 Å². The molecule has 2 unspecified atom stereocenters. The zero-order valence-electron chi connectivity index (χ0n) is 19.4. The number of carbonyl (C=O) groups is 2. The Hall–Kier alpha value is -1.59. The largest absolute Gasteiger partial charge is 0.384 e. The van der Waals surface area contributed by atoms with Gasteiger partial charge in [-0.3, -0.25) is 9.59 Å². The van der Waals surface area contributed by atoms with E-state index in [2.05, 4.69) is 25.2 Å². The molecule has 2 amide bonds. The summed E-state index contributed by atoms with van der Waals surface area (Å²) in [6, 6.07) is -0.529. The lowest BCUT2D eigenvalue weighted by molar-refractivity contribution is -0.139. The standard InChI is InChI=1S/C25H37ClN2O3/c1-17(27-23(29)20-7-5-6-18(14-20)15-31-4)24(30)28-13-12-22(25(2,3)16-28)19-8-10-21(26)11-9-19/h7-8,10,17-18,22H,5-6,9,11-16H2,1-4H3,(H,27,29)/t17-,18?,22?/m1/s1. The maximum atomic E-state index is 13.1. The zero-order valence-corrected chi connectivity index (χ0v) is 20.1. The first kappa shape index (κ1) is 24.1. The van der Waals surface area contributed by atoms with Crippen molar-refractivity contribution in [3.8, 4) is 0 Å². The number of hydrogen-bond acceptors (Lipinski definition) is 3. The van der Waals surface area contributed by atoms with Gasteiger partial charge in [0.2, 0.25) is 11.8 Å². The van der Waals surface area contributed by atoms with E-state index in [1.807, 2.05) is 17.1 Å². The first-order valence-electron chi connectivity index (χ1n) is 11.5. The Labute approximate surface area is 191 Å². The van der Waals surface area contributed by atoms with Crippen molar-refractivity contribution >= 4 is 23.4 Å². The third-order valence-corrected chi connectivity index (χ3v) is 7.32. The summed E-state index contributed by atoms with van der Waals surface area (Å²) in [7, 11) is 1.69. The van der Waals surface area contributed by atoms with Crippen LogP contribution < -0.4 is 5.32 Å². The number of likely N-dealkylation sites (tertiary alicyclic amines) is 1. The summed E-state index contributed by atoms with van der Waals surface area (Å²) in [6.45, 7) is 8.37. The Bertz CT molecular complexity index is 784. The van der Waals surface area contributed by atoms with Gasteiger partial charge in [-0.15, -0.1) is 0 Å². The molecule has 1 N–H and O–H groups in total. The molecule has 2 aliphatic carbocycles. The molecule has 3 rings (SSSR count). The molecular weight excluding hydrogens is 412 g/mol. The van der Waals surface area contributed by atoms with Crippen LogP contribution >= 0.6 is 11.6 Å². The molecule has 1 fully saturated rings. The highest BCUT2D eigenvalue weighted by Gasteiger charge is 2.40. The number of ether oxygens (including phenoxy) is 1. The number of piperidine rings is 1. The third kappa shape index (κ3) is 6.01. The molecule has 0 aromatic heterocycles. The van der Waals surface area contributed by atoms with Crippen molar-refractivity contribution in [3.63, 3.8) is 0 Å². The second kappa shape index (κ2) is 10.4. The summed E-state index contributed by atoms with van der Waals surface area (Å²) in [5.41, 5.74) is 2.21. The van der Waals surface area contributed by atoms with Crippen molar-refractivity contribution in [3.05, 3.63) is 34.4 Å². The molecule has 3 aliphatic rings. The minimum Gasteiger partial charge on any atom is -0.384 e. The first-order chi connectivity index (χ1) is 14.7. The fourth-order valence-corrected chi connectivity index (χ4v) is 5.49. The summed E-state index contributed by atoms with van der Waals surface area (Å²) in [4.78, 5) is 27.8. The molecule has 1 heterocycles. The van der Waals surface area contributed by atoms with Crippen LogP contribution in [-0.2, 0) is 14.3 Å². The van der Waals surface area contributed by atoms with Crippen LogP contribution in [-0.4, -0.2) is 49.6 Å². The van der Waals surface area contributed by atoms with Gasteiger partial charge in [0, 0.05) is 37.4 Å². The van der Waals surface area contributed by atoms with Gasteiger partial charge in [0.05, 0.1) is 0 Å². The number of methoxy groups -OCH3 is 1. The van der Waals surface area contributed by atoms with E-state index >= 15 is 0 Å². The fraction of sp³-hybridized carbons (Fsp3) is 0.680. The molecule has 31 heavy (non-hydrogen) atoms. The average molecular weight is 449 g/mol. The number of halogens is 1. The monoisotopic (exact) mass is 448 g/mol. The van der Waals surface area contributed by atoms with Crippen molar-refractivity contribution in [2.24, 2.45) is 17.3 Å². The highest BCUT2D eigenvalue weighted by molar-refractivity contribution is 6.29. The summed E-state index contributed by atoms with van der Waals surface area (Å²) in [6.07, 6.45) is 11.7. The Morgan fingerprint density at radius 2 is 2.06 bits per heavy atom. The van der Waals surface area contributed by atoms with E-state index in [0.29, 0.717) is 31.4 Å². The average Bonchev–Trinajstić information content (AvgIpc) is 2.73. The van der Waals surface area contributed by atoms with Gasteiger partial charge in [0.15, 0.2) is 0 Å². The number of nitrogens with one attached hydrogen (secondary N) is 1. The molecule has 172 valence electrons. The maximum Gasteiger partial charge on any atom is 0.247 e.